The first kappa shape index (κ1) is 9.58. The van der Waals surface area contributed by atoms with Gasteiger partial charge in [0.2, 0.25) is 0 Å². The molecule has 0 aliphatic rings. The van der Waals surface area contributed by atoms with Gasteiger partial charge in [0.05, 0.1) is 5.56 Å². The maximum Gasteiger partial charge on any atom is 0.336 e. The van der Waals surface area contributed by atoms with Gasteiger partial charge in [-0.25, -0.2) is 13.6 Å². The fourth-order valence-corrected chi connectivity index (χ4v) is 1.49. The number of carboxylic acid groups (broad SMARTS) is 1. The monoisotopic (exact) mass is 208 g/mol. The lowest BCUT2D eigenvalue weighted by Gasteiger charge is -2.03. The Kier molecular flexibility index (Phi) is 2.11. The number of aromatic carboxylic acids is 1. The van der Waals surface area contributed by atoms with E-state index in [-0.39, 0.29) is 16.3 Å². The van der Waals surface area contributed by atoms with Crippen molar-refractivity contribution in [2.45, 2.75) is 0 Å². The standard InChI is InChI=1S/C11H6F2O2/c12-6-4-8-7(2-1-3-10(8)13)9(5-6)11(14)15/h1-5H,(H,14,15). The molecule has 0 spiro atoms. The molecule has 0 unspecified atom stereocenters. The molecular formula is C11H6F2O2. The number of rotatable bonds is 1. The summed E-state index contributed by atoms with van der Waals surface area (Å²) in [6.45, 7) is 0. The van der Waals surface area contributed by atoms with Gasteiger partial charge in [0.25, 0.3) is 0 Å². The normalized spacial score (nSPS) is 10.5. The van der Waals surface area contributed by atoms with E-state index >= 15 is 0 Å². The number of fused-ring (bicyclic) bond motifs is 1. The van der Waals surface area contributed by atoms with Crippen molar-refractivity contribution in [2.75, 3.05) is 0 Å². The fraction of sp³-hybridized carbons (Fsp3) is 0. The molecule has 2 nitrogen and oxygen atoms in total. The number of carboxylic acids is 1. The van der Waals surface area contributed by atoms with Crippen LogP contribution in [0, 0.1) is 11.6 Å². The number of hydrogen-bond donors (Lipinski definition) is 1. The van der Waals surface area contributed by atoms with Crippen molar-refractivity contribution in [2.24, 2.45) is 0 Å². The van der Waals surface area contributed by atoms with Crippen molar-refractivity contribution in [1.29, 1.82) is 0 Å². The largest absolute Gasteiger partial charge is 0.478 e. The molecule has 1 N–H and O–H groups in total. The second kappa shape index (κ2) is 3.31. The van der Waals surface area contributed by atoms with E-state index in [2.05, 4.69) is 0 Å². The van der Waals surface area contributed by atoms with E-state index in [1.54, 1.807) is 0 Å². The highest BCUT2D eigenvalue weighted by Crippen LogP contribution is 2.23. The number of halogens is 2. The van der Waals surface area contributed by atoms with Crippen LogP contribution in [0.5, 0.6) is 0 Å². The lowest BCUT2D eigenvalue weighted by atomic mass is 10.0. The SMILES string of the molecule is O=C(O)c1cc(F)cc2c(F)cccc12. The average Bonchev–Trinajstić information content (AvgIpc) is 2.18. The summed E-state index contributed by atoms with van der Waals surface area (Å²) < 4.78 is 26.3. The molecule has 0 saturated heterocycles. The predicted octanol–water partition coefficient (Wildman–Crippen LogP) is 2.82. The van der Waals surface area contributed by atoms with Crippen LogP contribution in [0.15, 0.2) is 30.3 Å². The van der Waals surface area contributed by atoms with E-state index in [0.29, 0.717) is 0 Å². The number of carbonyl (C=O) groups is 1. The quantitative estimate of drug-likeness (QED) is 0.782. The van der Waals surface area contributed by atoms with Crippen molar-refractivity contribution in [1.82, 2.24) is 0 Å². The molecule has 0 saturated carbocycles. The summed E-state index contributed by atoms with van der Waals surface area (Å²) >= 11 is 0. The van der Waals surface area contributed by atoms with Gasteiger partial charge in [0, 0.05) is 5.39 Å². The summed E-state index contributed by atoms with van der Waals surface area (Å²) in [6.07, 6.45) is 0. The zero-order valence-electron chi connectivity index (χ0n) is 7.50. The second-order valence-electron chi connectivity index (χ2n) is 3.09. The van der Waals surface area contributed by atoms with Gasteiger partial charge < -0.3 is 5.11 Å². The van der Waals surface area contributed by atoms with Crippen LogP contribution in [-0.4, -0.2) is 11.1 Å². The average molecular weight is 208 g/mol. The van der Waals surface area contributed by atoms with Gasteiger partial charge in [0.15, 0.2) is 0 Å². The van der Waals surface area contributed by atoms with Gasteiger partial charge in [-0.05, 0) is 23.6 Å². The highest BCUT2D eigenvalue weighted by atomic mass is 19.1. The Morgan fingerprint density at radius 3 is 2.53 bits per heavy atom. The zero-order chi connectivity index (χ0) is 11.0. The Labute approximate surface area is 83.8 Å². The first-order valence-corrected chi connectivity index (χ1v) is 4.20. The molecule has 4 heteroatoms. The lowest BCUT2D eigenvalue weighted by molar-refractivity contribution is 0.0698. The van der Waals surface area contributed by atoms with Gasteiger partial charge in [-0.1, -0.05) is 12.1 Å². The molecule has 2 rings (SSSR count). The minimum absolute atomic E-state index is 0.0186. The van der Waals surface area contributed by atoms with Crippen LogP contribution < -0.4 is 0 Å². The first-order chi connectivity index (χ1) is 7.09. The highest BCUT2D eigenvalue weighted by Gasteiger charge is 2.12. The molecule has 0 atom stereocenters. The Balaban J connectivity index is 2.92. The van der Waals surface area contributed by atoms with Crippen molar-refractivity contribution in [3.05, 3.63) is 47.5 Å². The maximum atomic E-state index is 13.3. The third kappa shape index (κ3) is 1.54. The van der Waals surface area contributed by atoms with Gasteiger partial charge in [0.1, 0.15) is 11.6 Å². The Morgan fingerprint density at radius 1 is 1.13 bits per heavy atom. The highest BCUT2D eigenvalue weighted by molar-refractivity contribution is 6.03. The Morgan fingerprint density at radius 2 is 1.87 bits per heavy atom. The summed E-state index contributed by atoms with van der Waals surface area (Å²) in [6, 6.07) is 5.86. The molecule has 0 aliphatic heterocycles. The van der Waals surface area contributed by atoms with E-state index in [4.69, 9.17) is 5.11 Å². The van der Waals surface area contributed by atoms with Crippen molar-refractivity contribution in [3.8, 4) is 0 Å². The summed E-state index contributed by atoms with van der Waals surface area (Å²) in [5, 5.41) is 8.99. The van der Waals surface area contributed by atoms with E-state index in [1.165, 1.54) is 12.1 Å². The smallest absolute Gasteiger partial charge is 0.336 e. The molecule has 15 heavy (non-hydrogen) atoms. The topological polar surface area (TPSA) is 37.3 Å². The fourth-order valence-electron chi connectivity index (χ4n) is 1.49. The molecule has 76 valence electrons. The summed E-state index contributed by atoms with van der Waals surface area (Å²) in [7, 11) is 0. The van der Waals surface area contributed by atoms with E-state index in [9.17, 15) is 13.6 Å². The minimum atomic E-state index is -1.27. The molecule has 2 aromatic rings. The number of hydrogen-bond acceptors (Lipinski definition) is 1. The minimum Gasteiger partial charge on any atom is -0.478 e. The van der Waals surface area contributed by atoms with Crippen LogP contribution in [0.1, 0.15) is 10.4 Å². The summed E-state index contributed by atoms with van der Waals surface area (Å²) in [5.41, 5.74) is -0.232. The molecule has 2 aromatic carbocycles. The summed E-state index contributed by atoms with van der Waals surface area (Å²) in [5.74, 6) is -2.66. The molecular weight excluding hydrogens is 202 g/mol. The van der Waals surface area contributed by atoms with Crippen molar-refractivity contribution in [3.63, 3.8) is 0 Å². The molecule has 0 amide bonds. The van der Waals surface area contributed by atoms with E-state index in [0.717, 1.165) is 18.2 Å². The van der Waals surface area contributed by atoms with Crippen molar-refractivity contribution >= 4 is 16.7 Å². The van der Waals surface area contributed by atoms with Crippen LogP contribution in [0.4, 0.5) is 8.78 Å². The molecule has 0 radical (unpaired) electrons. The third-order valence-electron chi connectivity index (χ3n) is 2.14. The molecule has 0 heterocycles. The van der Waals surface area contributed by atoms with Gasteiger partial charge in [-0.3, -0.25) is 0 Å². The van der Waals surface area contributed by atoms with Crippen molar-refractivity contribution < 1.29 is 18.7 Å². The van der Waals surface area contributed by atoms with Gasteiger partial charge in [-0.15, -0.1) is 0 Å². The Bertz CT molecular complexity index is 550. The van der Waals surface area contributed by atoms with Crippen LogP contribution in [0.2, 0.25) is 0 Å². The summed E-state index contributed by atoms with van der Waals surface area (Å²) in [4.78, 5) is 10.8. The van der Waals surface area contributed by atoms with E-state index in [1.807, 2.05) is 0 Å². The Hall–Kier alpha value is -1.97. The van der Waals surface area contributed by atoms with Crippen LogP contribution in [-0.2, 0) is 0 Å². The van der Waals surface area contributed by atoms with Crippen LogP contribution >= 0.6 is 0 Å². The van der Waals surface area contributed by atoms with Gasteiger partial charge in [-0.2, -0.15) is 0 Å². The van der Waals surface area contributed by atoms with Crippen LogP contribution in [0.3, 0.4) is 0 Å². The molecule has 0 fully saturated rings. The van der Waals surface area contributed by atoms with Gasteiger partial charge >= 0.3 is 5.97 Å². The third-order valence-corrected chi connectivity index (χ3v) is 2.14. The zero-order valence-corrected chi connectivity index (χ0v) is 7.50. The van der Waals surface area contributed by atoms with E-state index < -0.39 is 17.6 Å². The molecule has 0 bridgehead atoms. The maximum absolute atomic E-state index is 13.3. The van der Waals surface area contributed by atoms with Crippen LogP contribution in [0.25, 0.3) is 10.8 Å². The predicted molar refractivity (Wildman–Crippen MR) is 50.8 cm³/mol. The lowest BCUT2D eigenvalue weighted by Crippen LogP contribution is -1.99. The molecule has 0 aliphatic carbocycles. The molecule has 0 aromatic heterocycles. The first-order valence-electron chi connectivity index (χ1n) is 4.20. The second-order valence-corrected chi connectivity index (χ2v) is 3.09. The number of benzene rings is 2.